The van der Waals surface area contributed by atoms with Gasteiger partial charge in [0.1, 0.15) is 12.4 Å². The van der Waals surface area contributed by atoms with Crippen LogP contribution in [0.25, 0.3) is 0 Å². The van der Waals surface area contributed by atoms with E-state index in [0.29, 0.717) is 38.6 Å². The van der Waals surface area contributed by atoms with Gasteiger partial charge in [-0.15, -0.1) is 0 Å². The summed E-state index contributed by atoms with van der Waals surface area (Å²) >= 11 is 18.9. The lowest BCUT2D eigenvalue weighted by atomic mass is 9.77. The van der Waals surface area contributed by atoms with Crippen molar-refractivity contribution in [2.75, 3.05) is 11.9 Å². The first-order chi connectivity index (χ1) is 17.8. The highest BCUT2D eigenvalue weighted by molar-refractivity contribution is 6.35. The molecule has 1 N–H and O–H groups in total. The zero-order valence-corrected chi connectivity index (χ0v) is 21.8. The number of ether oxygens (including phenoxy) is 1. The van der Waals surface area contributed by atoms with Crippen LogP contribution in [0.4, 0.5) is 5.69 Å². The minimum atomic E-state index is -1.36. The van der Waals surface area contributed by atoms with E-state index in [4.69, 9.17) is 39.5 Å². The molecule has 0 aliphatic carbocycles. The molecule has 3 aromatic rings. The van der Waals surface area contributed by atoms with Gasteiger partial charge in [-0.3, -0.25) is 19.8 Å². The monoisotopic (exact) mass is 557 g/mol. The Bertz CT molecular complexity index is 1430. The Morgan fingerprint density at radius 3 is 2.65 bits per heavy atom. The first kappa shape index (κ1) is 24.5. The normalized spacial score (nSPS) is 26.2. The molecule has 4 atom stereocenters. The van der Waals surface area contributed by atoms with Crippen molar-refractivity contribution in [3.8, 4) is 5.75 Å². The molecule has 3 heterocycles. The van der Waals surface area contributed by atoms with E-state index in [2.05, 4.69) is 5.32 Å². The zero-order chi connectivity index (χ0) is 25.9. The number of carbonyl (C=O) groups excluding carboxylic acids is 1. The van der Waals surface area contributed by atoms with Crippen molar-refractivity contribution in [1.29, 1.82) is 0 Å². The summed E-state index contributed by atoms with van der Waals surface area (Å²) in [6.07, 6.45) is 1.62. The molecule has 1 amide bonds. The Hall–Kier alpha value is -2.84. The van der Waals surface area contributed by atoms with E-state index >= 15 is 0 Å². The molecule has 0 unspecified atom stereocenters. The van der Waals surface area contributed by atoms with Gasteiger partial charge in [-0.2, -0.15) is 0 Å². The minimum Gasteiger partial charge on any atom is -0.487 e. The average Bonchev–Trinajstić information content (AvgIpc) is 3.52. The van der Waals surface area contributed by atoms with Crippen molar-refractivity contribution in [2.45, 2.75) is 43.0 Å². The standard InChI is InChI=1S/C27H22Cl3N3O4/c28-17-9-7-16(19(29)13-17)14-37-23-10-8-15(12-20(23)30)24-22-6-3-11-32(22)27(25(24)33(35)36)18-4-1-2-5-21(18)31-26(27)34/h1-2,4-5,7-10,12-13,22,24-25H,3,6,11,14H2,(H,31,34)/t22-,24-,25+,27-/m0/s1. The van der Waals surface area contributed by atoms with Gasteiger partial charge in [0, 0.05) is 44.4 Å². The Balaban J connectivity index is 1.37. The van der Waals surface area contributed by atoms with Gasteiger partial charge in [0.05, 0.1) is 10.9 Å². The van der Waals surface area contributed by atoms with E-state index in [0.717, 1.165) is 24.0 Å². The van der Waals surface area contributed by atoms with Crippen molar-refractivity contribution in [3.05, 3.63) is 103 Å². The molecule has 190 valence electrons. The maximum atomic E-state index is 13.6. The van der Waals surface area contributed by atoms with Crippen LogP contribution in [0.1, 0.15) is 35.4 Å². The van der Waals surface area contributed by atoms with E-state index < -0.39 is 17.5 Å². The topological polar surface area (TPSA) is 84.7 Å². The van der Waals surface area contributed by atoms with Crippen LogP contribution in [0.3, 0.4) is 0 Å². The number of nitrogens with one attached hydrogen (secondary N) is 1. The van der Waals surface area contributed by atoms with E-state index in [9.17, 15) is 14.9 Å². The number of hydrogen-bond acceptors (Lipinski definition) is 5. The van der Waals surface area contributed by atoms with Gasteiger partial charge in [-0.1, -0.05) is 65.1 Å². The van der Waals surface area contributed by atoms with Crippen molar-refractivity contribution >= 4 is 46.4 Å². The van der Waals surface area contributed by atoms with Crippen LogP contribution < -0.4 is 10.1 Å². The quantitative estimate of drug-likeness (QED) is 0.294. The van der Waals surface area contributed by atoms with Gasteiger partial charge >= 0.3 is 0 Å². The van der Waals surface area contributed by atoms with Gasteiger partial charge in [0.25, 0.3) is 11.9 Å². The fourth-order valence-corrected chi connectivity index (χ4v) is 7.12. The highest BCUT2D eigenvalue weighted by atomic mass is 35.5. The van der Waals surface area contributed by atoms with Gasteiger partial charge < -0.3 is 10.1 Å². The van der Waals surface area contributed by atoms with Crippen molar-refractivity contribution < 1.29 is 14.5 Å². The molecule has 3 aliphatic heterocycles. The molecule has 37 heavy (non-hydrogen) atoms. The lowest BCUT2D eigenvalue weighted by molar-refractivity contribution is -0.534. The first-order valence-corrected chi connectivity index (χ1v) is 13.1. The fourth-order valence-electron chi connectivity index (χ4n) is 6.41. The summed E-state index contributed by atoms with van der Waals surface area (Å²) in [7, 11) is 0. The molecule has 2 fully saturated rings. The second-order valence-electron chi connectivity index (χ2n) is 9.64. The molecule has 2 saturated heterocycles. The Labute approximate surface area is 228 Å². The number of nitro groups is 1. The molecule has 7 nitrogen and oxygen atoms in total. The predicted octanol–water partition coefficient (Wildman–Crippen LogP) is 6.28. The highest BCUT2D eigenvalue weighted by Gasteiger charge is 2.73. The Kier molecular flexibility index (Phi) is 6.07. The largest absolute Gasteiger partial charge is 0.487 e. The molecule has 3 aliphatic rings. The Morgan fingerprint density at radius 2 is 1.89 bits per heavy atom. The summed E-state index contributed by atoms with van der Waals surface area (Å²) in [5.74, 6) is -0.420. The molecule has 0 radical (unpaired) electrons. The fraction of sp³-hybridized carbons (Fsp3) is 0.296. The zero-order valence-electron chi connectivity index (χ0n) is 19.5. The molecule has 0 saturated carbocycles. The van der Waals surface area contributed by atoms with E-state index in [-0.39, 0.29) is 23.5 Å². The summed E-state index contributed by atoms with van der Waals surface area (Å²) in [6.45, 7) is 0.802. The number of para-hydroxylation sites is 1. The summed E-state index contributed by atoms with van der Waals surface area (Å²) < 4.78 is 5.91. The first-order valence-electron chi connectivity index (χ1n) is 12.0. The van der Waals surface area contributed by atoms with Crippen LogP contribution in [0, 0.1) is 10.1 Å². The van der Waals surface area contributed by atoms with E-state index in [1.807, 2.05) is 29.2 Å². The predicted molar refractivity (Wildman–Crippen MR) is 142 cm³/mol. The number of carbonyl (C=O) groups is 1. The lowest BCUT2D eigenvalue weighted by Crippen LogP contribution is -2.55. The molecule has 6 rings (SSSR count). The molecule has 3 aromatic carbocycles. The Morgan fingerprint density at radius 1 is 1.08 bits per heavy atom. The molecule has 0 bridgehead atoms. The van der Waals surface area contributed by atoms with Crippen LogP contribution in [0.15, 0.2) is 60.7 Å². The van der Waals surface area contributed by atoms with E-state index in [1.165, 1.54) is 0 Å². The second-order valence-corrected chi connectivity index (χ2v) is 10.9. The maximum Gasteiger partial charge on any atom is 0.256 e. The molecular weight excluding hydrogens is 537 g/mol. The van der Waals surface area contributed by atoms with E-state index in [1.54, 1.807) is 36.4 Å². The molecule has 1 spiro atoms. The molecular formula is C27H22Cl3N3O4. The molecule has 0 aromatic heterocycles. The summed E-state index contributed by atoms with van der Waals surface area (Å²) in [6, 6.07) is 16.4. The third kappa shape index (κ3) is 3.71. The van der Waals surface area contributed by atoms with Crippen LogP contribution in [0.2, 0.25) is 15.1 Å². The number of rotatable bonds is 5. The number of fused-ring (bicyclic) bond motifs is 4. The highest BCUT2D eigenvalue weighted by Crippen LogP contribution is 2.58. The maximum absolute atomic E-state index is 13.6. The average molecular weight is 559 g/mol. The second kappa shape index (κ2) is 9.17. The number of amides is 1. The summed E-state index contributed by atoms with van der Waals surface area (Å²) in [4.78, 5) is 28.0. The number of hydrogen-bond donors (Lipinski definition) is 1. The SMILES string of the molecule is O=C1Nc2ccccc2[C@]12[C@H]([N+](=O)[O-])[C@@H](c1ccc(OCc3ccc(Cl)cc3Cl)c(Cl)c1)[C@@H]1CCCN12. The van der Waals surface area contributed by atoms with Crippen LogP contribution in [0.5, 0.6) is 5.75 Å². The smallest absolute Gasteiger partial charge is 0.256 e. The van der Waals surface area contributed by atoms with Crippen molar-refractivity contribution in [3.63, 3.8) is 0 Å². The van der Waals surface area contributed by atoms with Crippen molar-refractivity contribution in [2.24, 2.45) is 0 Å². The number of anilines is 1. The van der Waals surface area contributed by atoms with Gasteiger partial charge in [0.15, 0.2) is 5.54 Å². The van der Waals surface area contributed by atoms with Crippen molar-refractivity contribution in [1.82, 2.24) is 4.90 Å². The lowest BCUT2D eigenvalue weighted by Gasteiger charge is -2.32. The number of benzene rings is 3. The van der Waals surface area contributed by atoms with Gasteiger partial charge in [-0.05, 0) is 48.7 Å². The molecule has 10 heteroatoms. The van der Waals surface area contributed by atoms with Crippen LogP contribution >= 0.6 is 34.8 Å². The van der Waals surface area contributed by atoms with Crippen LogP contribution in [-0.4, -0.2) is 34.4 Å². The van der Waals surface area contributed by atoms with Gasteiger partial charge in [-0.25, -0.2) is 0 Å². The third-order valence-electron chi connectivity index (χ3n) is 7.83. The number of halogens is 3. The van der Waals surface area contributed by atoms with Crippen LogP contribution in [-0.2, 0) is 16.9 Å². The summed E-state index contributed by atoms with van der Waals surface area (Å²) in [5, 5.41) is 17.0. The third-order valence-corrected chi connectivity index (χ3v) is 8.72. The minimum absolute atomic E-state index is 0.164. The summed E-state index contributed by atoms with van der Waals surface area (Å²) in [5.41, 5.74) is 1.41. The van der Waals surface area contributed by atoms with Gasteiger partial charge in [0.2, 0.25) is 0 Å². The number of nitrogens with zero attached hydrogens (tertiary/aromatic N) is 2.